The highest BCUT2D eigenvalue weighted by Gasteiger charge is 2.18. The summed E-state index contributed by atoms with van der Waals surface area (Å²) in [6.45, 7) is 0. The van der Waals surface area contributed by atoms with Crippen LogP contribution in [0.15, 0.2) is 66.4 Å². The van der Waals surface area contributed by atoms with E-state index in [4.69, 9.17) is 0 Å². The van der Waals surface area contributed by atoms with Gasteiger partial charge in [0.25, 0.3) is 0 Å². The molecule has 1 saturated heterocycles. The van der Waals surface area contributed by atoms with Crippen molar-refractivity contribution in [2.45, 2.75) is 19.3 Å². The van der Waals surface area contributed by atoms with Crippen LogP contribution in [0, 0.1) is 0 Å². The van der Waals surface area contributed by atoms with Gasteiger partial charge in [-0.3, -0.25) is 4.79 Å². The lowest BCUT2D eigenvalue weighted by Crippen LogP contribution is -2.28. The number of rotatable bonds is 2. The molecule has 0 radical (unpaired) electrons. The molecule has 2 aromatic carbocycles. The van der Waals surface area contributed by atoms with Crippen LogP contribution in [0.4, 0.5) is 0 Å². The fourth-order valence-electron chi connectivity index (χ4n) is 2.63. The first-order valence-corrected chi connectivity index (χ1v) is 6.98. The van der Waals surface area contributed by atoms with E-state index in [1.807, 2.05) is 36.4 Å². The number of carbonyl (C=O) groups is 1. The smallest absolute Gasteiger partial charge is 0.224 e. The van der Waals surface area contributed by atoms with Crippen LogP contribution in [-0.4, -0.2) is 5.91 Å². The van der Waals surface area contributed by atoms with Crippen molar-refractivity contribution in [3.05, 3.63) is 77.5 Å². The number of piperidine rings is 1. The van der Waals surface area contributed by atoms with Crippen molar-refractivity contribution in [3.8, 4) is 0 Å². The summed E-state index contributed by atoms with van der Waals surface area (Å²) in [6.07, 6.45) is 2.47. The third-order valence-corrected chi connectivity index (χ3v) is 3.55. The first-order chi connectivity index (χ1) is 9.84. The number of hydrogen-bond acceptors (Lipinski definition) is 1. The van der Waals surface area contributed by atoms with Gasteiger partial charge in [-0.05, 0) is 24.0 Å². The number of nitrogens with one attached hydrogen (secondary N) is 1. The topological polar surface area (TPSA) is 29.1 Å². The van der Waals surface area contributed by atoms with Gasteiger partial charge in [-0.25, -0.2) is 0 Å². The molecular weight excluding hydrogens is 246 g/mol. The van der Waals surface area contributed by atoms with E-state index in [0.717, 1.165) is 35.2 Å². The zero-order valence-electron chi connectivity index (χ0n) is 11.3. The Morgan fingerprint density at radius 1 is 0.800 bits per heavy atom. The molecule has 1 aliphatic rings. The average molecular weight is 263 g/mol. The zero-order valence-corrected chi connectivity index (χ0v) is 11.3. The van der Waals surface area contributed by atoms with Gasteiger partial charge in [0.1, 0.15) is 0 Å². The summed E-state index contributed by atoms with van der Waals surface area (Å²) in [5.41, 5.74) is 4.48. The Labute approximate surface area is 119 Å². The maximum atomic E-state index is 11.7. The highest BCUT2D eigenvalue weighted by atomic mass is 16.1. The van der Waals surface area contributed by atoms with Crippen LogP contribution < -0.4 is 5.32 Å². The minimum absolute atomic E-state index is 0.121. The molecule has 1 aliphatic heterocycles. The van der Waals surface area contributed by atoms with Crippen LogP contribution in [0.5, 0.6) is 0 Å². The second kappa shape index (κ2) is 5.74. The van der Waals surface area contributed by atoms with E-state index in [1.165, 1.54) is 0 Å². The minimum atomic E-state index is 0.121. The molecule has 3 rings (SSSR count). The monoisotopic (exact) mass is 263 g/mol. The second-order valence-electron chi connectivity index (χ2n) is 4.99. The minimum Gasteiger partial charge on any atom is -0.329 e. The van der Waals surface area contributed by atoms with Gasteiger partial charge in [0.05, 0.1) is 0 Å². The molecule has 0 saturated carbocycles. The lowest BCUT2D eigenvalue weighted by molar-refractivity contribution is -0.121. The molecule has 2 nitrogen and oxygen atoms in total. The summed E-state index contributed by atoms with van der Waals surface area (Å²) < 4.78 is 0. The van der Waals surface area contributed by atoms with E-state index in [-0.39, 0.29) is 5.91 Å². The maximum Gasteiger partial charge on any atom is 0.224 e. The molecule has 0 unspecified atom stereocenters. The summed E-state index contributed by atoms with van der Waals surface area (Å²) in [5, 5.41) is 3.05. The van der Waals surface area contributed by atoms with Crippen molar-refractivity contribution >= 4 is 11.5 Å². The molecule has 2 heteroatoms. The predicted molar refractivity (Wildman–Crippen MR) is 80.9 cm³/mol. The fourth-order valence-corrected chi connectivity index (χ4v) is 2.63. The second-order valence-corrected chi connectivity index (χ2v) is 4.99. The number of benzene rings is 2. The molecule has 0 aromatic heterocycles. The van der Waals surface area contributed by atoms with E-state index in [0.29, 0.717) is 6.42 Å². The van der Waals surface area contributed by atoms with Gasteiger partial charge in [-0.15, -0.1) is 0 Å². The van der Waals surface area contributed by atoms with E-state index in [2.05, 4.69) is 29.6 Å². The van der Waals surface area contributed by atoms with Crippen LogP contribution in [-0.2, 0) is 4.79 Å². The Balaban J connectivity index is 2.13. The summed E-state index contributed by atoms with van der Waals surface area (Å²) in [5.74, 6) is 0.121. The number of amides is 1. The first-order valence-electron chi connectivity index (χ1n) is 6.98. The van der Waals surface area contributed by atoms with E-state index in [9.17, 15) is 4.79 Å². The Hall–Kier alpha value is -2.35. The van der Waals surface area contributed by atoms with E-state index in [1.54, 1.807) is 0 Å². The molecule has 1 fully saturated rings. The average Bonchev–Trinajstić information content (AvgIpc) is 2.50. The highest BCUT2D eigenvalue weighted by Crippen LogP contribution is 2.29. The molecule has 0 aliphatic carbocycles. The van der Waals surface area contributed by atoms with Crippen LogP contribution >= 0.6 is 0 Å². The lowest BCUT2D eigenvalue weighted by Gasteiger charge is -2.21. The molecule has 1 amide bonds. The molecule has 0 atom stereocenters. The fraction of sp³-hybridized carbons (Fsp3) is 0.167. The van der Waals surface area contributed by atoms with Gasteiger partial charge in [-0.1, -0.05) is 60.7 Å². The maximum absolute atomic E-state index is 11.7. The van der Waals surface area contributed by atoms with Gasteiger partial charge in [0.2, 0.25) is 5.91 Å². The summed E-state index contributed by atoms with van der Waals surface area (Å²) in [7, 11) is 0. The van der Waals surface area contributed by atoms with E-state index >= 15 is 0 Å². The molecule has 2 aromatic rings. The SMILES string of the molecule is O=C1CCCC(=C(c2ccccc2)c2ccccc2)N1. The normalized spacial score (nSPS) is 14.8. The third-order valence-electron chi connectivity index (χ3n) is 3.55. The summed E-state index contributed by atoms with van der Waals surface area (Å²) in [4.78, 5) is 11.7. The largest absolute Gasteiger partial charge is 0.329 e. The Morgan fingerprint density at radius 3 is 1.85 bits per heavy atom. The van der Waals surface area contributed by atoms with Crippen molar-refractivity contribution in [1.82, 2.24) is 5.32 Å². The standard InChI is InChI=1S/C18H17NO/c20-17-13-7-12-16(19-17)18(14-8-3-1-4-9-14)15-10-5-2-6-11-15/h1-6,8-11H,7,12-13H2,(H,19,20). The Bertz CT molecular complexity index is 587. The van der Waals surface area contributed by atoms with Crippen molar-refractivity contribution in [1.29, 1.82) is 0 Å². The number of carbonyl (C=O) groups excluding carboxylic acids is 1. The van der Waals surface area contributed by atoms with Crippen molar-refractivity contribution in [3.63, 3.8) is 0 Å². The van der Waals surface area contributed by atoms with Crippen LogP contribution in [0.3, 0.4) is 0 Å². The molecule has 1 heterocycles. The Morgan fingerprint density at radius 2 is 1.35 bits per heavy atom. The predicted octanol–water partition coefficient (Wildman–Crippen LogP) is 3.75. The van der Waals surface area contributed by atoms with Gasteiger partial charge in [0, 0.05) is 17.7 Å². The van der Waals surface area contributed by atoms with Gasteiger partial charge in [-0.2, -0.15) is 0 Å². The highest BCUT2D eigenvalue weighted by molar-refractivity contribution is 5.87. The van der Waals surface area contributed by atoms with Crippen molar-refractivity contribution in [2.75, 3.05) is 0 Å². The van der Waals surface area contributed by atoms with Gasteiger partial charge in [0.15, 0.2) is 0 Å². The molecule has 0 spiro atoms. The van der Waals surface area contributed by atoms with Gasteiger partial charge >= 0.3 is 0 Å². The van der Waals surface area contributed by atoms with Crippen LogP contribution in [0.25, 0.3) is 5.57 Å². The third kappa shape index (κ3) is 2.64. The Kier molecular flexibility index (Phi) is 3.64. The van der Waals surface area contributed by atoms with Crippen LogP contribution in [0.1, 0.15) is 30.4 Å². The molecular formula is C18H17NO. The summed E-state index contributed by atoms with van der Waals surface area (Å²) in [6, 6.07) is 20.5. The number of hydrogen-bond donors (Lipinski definition) is 1. The van der Waals surface area contributed by atoms with E-state index < -0.39 is 0 Å². The van der Waals surface area contributed by atoms with Crippen LogP contribution in [0.2, 0.25) is 0 Å². The van der Waals surface area contributed by atoms with Gasteiger partial charge < -0.3 is 5.32 Å². The lowest BCUT2D eigenvalue weighted by atomic mass is 9.92. The van der Waals surface area contributed by atoms with Crippen molar-refractivity contribution < 1.29 is 4.79 Å². The quantitative estimate of drug-likeness (QED) is 0.878. The molecule has 100 valence electrons. The molecule has 20 heavy (non-hydrogen) atoms. The zero-order chi connectivity index (χ0) is 13.8. The number of allylic oxidation sites excluding steroid dienone is 1. The van der Waals surface area contributed by atoms with Crippen molar-refractivity contribution in [2.24, 2.45) is 0 Å². The first kappa shape index (κ1) is 12.7. The molecule has 1 N–H and O–H groups in total. The summed E-state index contributed by atoms with van der Waals surface area (Å²) >= 11 is 0. The molecule has 0 bridgehead atoms.